The Bertz CT molecular complexity index is 621. The van der Waals surface area contributed by atoms with Crippen LogP contribution in [0.25, 0.3) is 0 Å². The Labute approximate surface area is 155 Å². The quantitative estimate of drug-likeness (QED) is 0.766. The van der Waals surface area contributed by atoms with Crippen LogP contribution in [-0.4, -0.2) is 60.4 Å². The molecule has 3 atom stereocenters. The van der Waals surface area contributed by atoms with E-state index in [1.165, 1.54) is 6.42 Å². The molecule has 0 bridgehead atoms. The smallest absolute Gasteiger partial charge is 0.225 e. The highest BCUT2D eigenvalue weighted by atomic mass is 16.2. The van der Waals surface area contributed by atoms with Crippen molar-refractivity contribution in [3.63, 3.8) is 0 Å². The second-order valence-corrected chi connectivity index (χ2v) is 7.39. The molecule has 0 radical (unpaired) electrons. The first-order chi connectivity index (χ1) is 12.6. The molecule has 0 spiro atoms. The zero-order chi connectivity index (χ0) is 18.5. The van der Waals surface area contributed by atoms with Crippen LogP contribution < -0.4 is 11.1 Å². The van der Waals surface area contributed by atoms with Gasteiger partial charge in [0.05, 0.1) is 5.92 Å². The van der Waals surface area contributed by atoms with Gasteiger partial charge in [0.2, 0.25) is 11.8 Å². The average molecular weight is 358 g/mol. The first-order valence-corrected chi connectivity index (χ1v) is 9.68. The van der Waals surface area contributed by atoms with Crippen molar-refractivity contribution < 1.29 is 9.59 Å². The van der Waals surface area contributed by atoms with E-state index in [2.05, 4.69) is 17.1 Å². The van der Waals surface area contributed by atoms with E-state index in [0.29, 0.717) is 25.6 Å². The maximum Gasteiger partial charge on any atom is 0.225 e. The number of rotatable bonds is 7. The van der Waals surface area contributed by atoms with Crippen LogP contribution in [0.5, 0.6) is 0 Å². The number of benzene rings is 1. The molecule has 1 aromatic rings. The third kappa shape index (κ3) is 4.43. The average Bonchev–Trinajstić information content (AvgIpc) is 3.27. The summed E-state index contributed by atoms with van der Waals surface area (Å²) in [5.41, 5.74) is 7.14. The van der Waals surface area contributed by atoms with Gasteiger partial charge in [-0.3, -0.25) is 14.5 Å². The van der Waals surface area contributed by atoms with E-state index in [9.17, 15) is 9.59 Å². The molecule has 142 valence electrons. The molecular formula is C20H30N4O2. The maximum atomic E-state index is 12.5. The molecule has 6 heteroatoms. The van der Waals surface area contributed by atoms with Gasteiger partial charge in [-0.05, 0) is 31.5 Å². The highest BCUT2D eigenvalue weighted by molar-refractivity contribution is 5.89. The third-order valence-corrected chi connectivity index (χ3v) is 5.65. The maximum absolute atomic E-state index is 12.5. The Morgan fingerprint density at radius 3 is 2.85 bits per heavy atom. The van der Waals surface area contributed by atoms with Gasteiger partial charge < -0.3 is 16.0 Å². The predicted octanol–water partition coefficient (Wildman–Crippen LogP) is 1.14. The molecule has 0 aliphatic carbocycles. The summed E-state index contributed by atoms with van der Waals surface area (Å²) in [4.78, 5) is 29.1. The van der Waals surface area contributed by atoms with Crippen LogP contribution in [0.3, 0.4) is 0 Å². The first-order valence-electron chi connectivity index (χ1n) is 9.68. The topological polar surface area (TPSA) is 78.7 Å². The lowest BCUT2D eigenvalue weighted by Gasteiger charge is -2.27. The lowest BCUT2D eigenvalue weighted by molar-refractivity contribution is -0.129. The number of likely N-dealkylation sites (tertiary alicyclic amines) is 2. The van der Waals surface area contributed by atoms with Crippen LogP contribution in [0.4, 0.5) is 0 Å². The Kier molecular flexibility index (Phi) is 6.27. The van der Waals surface area contributed by atoms with Crippen molar-refractivity contribution in [1.82, 2.24) is 15.1 Å². The molecular weight excluding hydrogens is 328 g/mol. The fourth-order valence-corrected chi connectivity index (χ4v) is 4.07. The van der Waals surface area contributed by atoms with E-state index in [0.717, 1.165) is 31.6 Å². The molecule has 2 aliphatic rings. The van der Waals surface area contributed by atoms with Crippen molar-refractivity contribution in [2.45, 2.75) is 38.3 Å². The summed E-state index contributed by atoms with van der Waals surface area (Å²) in [6.45, 7) is 5.97. The second kappa shape index (κ2) is 8.64. The van der Waals surface area contributed by atoms with Gasteiger partial charge >= 0.3 is 0 Å². The zero-order valence-corrected chi connectivity index (χ0v) is 15.6. The molecule has 6 nitrogen and oxygen atoms in total. The Morgan fingerprint density at radius 1 is 1.35 bits per heavy atom. The molecule has 2 amide bonds. The van der Waals surface area contributed by atoms with Gasteiger partial charge in [-0.25, -0.2) is 0 Å². The largest absolute Gasteiger partial charge is 0.354 e. The minimum Gasteiger partial charge on any atom is -0.354 e. The zero-order valence-electron chi connectivity index (χ0n) is 15.6. The van der Waals surface area contributed by atoms with E-state index in [4.69, 9.17) is 5.73 Å². The van der Waals surface area contributed by atoms with Crippen LogP contribution in [0.1, 0.15) is 37.8 Å². The molecule has 2 heterocycles. The van der Waals surface area contributed by atoms with Crippen molar-refractivity contribution in [1.29, 1.82) is 0 Å². The SMILES string of the molecule is CCN1CCCC1CN1CC(C(=O)NCC(N)c2ccccc2)CC1=O. The molecule has 0 saturated carbocycles. The molecule has 3 unspecified atom stereocenters. The van der Waals surface area contributed by atoms with Crippen molar-refractivity contribution in [3.8, 4) is 0 Å². The molecule has 0 aromatic heterocycles. The Hall–Kier alpha value is -1.92. The summed E-state index contributed by atoms with van der Waals surface area (Å²) < 4.78 is 0. The Morgan fingerprint density at radius 2 is 2.12 bits per heavy atom. The van der Waals surface area contributed by atoms with E-state index in [1.54, 1.807) is 0 Å². The van der Waals surface area contributed by atoms with Gasteiger partial charge in [-0.15, -0.1) is 0 Å². The molecule has 2 aliphatic heterocycles. The minimum atomic E-state index is -0.262. The number of carbonyl (C=O) groups is 2. The normalized spacial score (nSPS) is 24.8. The fraction of sp³-hybridized carbons (Fsp3) is 0.600. The van der Waals surface area contributed by atoms with Crippen LogP contribution in [-0.2, 0) is 9.59 Å². The van der Waals surface area contributed by atoms with E-state index in [1.807, 2.05) is 35.2 Å². The van der Waals surface area contributed by atoms with Crippen LogP contribution >= 0.6 is 0 Å². The highest BCUT2D eigenvalue weighted by Gasteiger charge is 2.36. The van der Waals surface area contributed by atoms with E-state index >= 15 is 0 Å². The number of likely N-dealkylation sites (N-methyl/N-ethyl adjacent to an activating group) is 1. The fourth-order valence-electron chi connectivity index (χ4n) is 4.07. The molecule has 26 heavy (non-hydrogen) atoms. The number of nitrogens with zero attached hydrogens (tertiary/aromatic N) is 2. The number of nitrogens with one attached hydrogen (secondary N) is 1. The number of nitrogens with two attached hydrogens (primary N) is 1. The molecule has 3 N–H and O–H groups in total. The van der Waals surface area contributed by atoms with Gasteiger partial charge in [-0.2, -0.15) is 0 Å². The van der Waals surface area contributed by atoms with Gasteiger partial charge in [-0.1, -0.05) is 37.3 Å². The summed E-state index contributed by atoms with van der Waals surface area (Å²) in [6, 6.07) is 9.94. The summed E-state index contributed by atoms with van der Waals surface area (Å²) in [6.07, 6.45) is 2.65. The number of amides is 2. The first kappa shape index (κ1) is 18.9. The standard InChI is InChI=1S/C20H30N4O2/c1-2-23-10-6-9-17(23)14-24-13-16(11-19(24)25)20(26)22-12-18(21)15-7-4-3-5-8-15/h3-5,7-8,16-18H,2,6,9-14,21H2,1H3,(H,22,26). The van der Waals surface area contributed by atoms with Crippen molar-refractivity contribution in [3.05, 3.63) is 35.9 Å². The Balaban J connectivity index is 1.47. The second-order valence-electron chi connectivity index (χ2n) is 7.39. The van der Waals surface area contributed by atoms with Crippen molar-refractivity contribution >= 4 is 11.8 Å². The van der Waals surface area contributed by atoms with Crippen LogP contribution in [0.2, 0.25) is 0 Å². The lowest BCUT2D eigenvalue weighted by atomic mass is 10.1. The summed E-state index contributed by atoms with van der Waals surface area (Å²) in [5.74, 6) is -0.228. The number of hydrogen-bond acceptors (Lipinski definition) is 4. The van der Waals surface area contributed by atoms with Gasteiger partial charge in [0.1, 0.15) is 0 Å². The van der Waals surface area contributed by atoms with Crippen LogP contribution in [0, 0.1) is 5.92 Å². The number of carbonyl (C=O) groups excluding carboxylic acids is 2. The lowest BCUT2D eigenvalue weighted by Crippen LogP contribution is -2.42. The van der Waals surface area contributed by atoms with Gasteiger partial charge in [0.25, 0.3) is 0 Å². The minimum absolute atomic E-state index is 0.0639. The summed E-state index contributed by atoms with van der Waals surface area (Å²) >= 11 is 0. The highest BCUT2D eigenvalue weighted by Crippen LogP contribution is 2.23. The van der Waals surface area contributed by atoms with Gasteiger partial charge in [0.15, 0.2) is 0 Å². The van der Waals surface area contributed by atoms with E-state index in [-0.39, 0.29) is 23.8 Å². The van der Waals surface area contributed by atoms with Crippen molar-refractivity contribution in [2.75, 3.05) is 32.7 Å². The molecule has 1 aromatic carbocycles. The van der Waals surface area contributed by atoms with E-state index < -0.39 is 0 Å². The summed E-state index contributed by atoms with van der Waals surface area (Å²) in [5, 5.41) is 2.92. The van der Waals surface area contributed by atoms with Crippen LogP contribution in [0.15, 0.2) is 30.3 Å². The molecule has 2 saturated heterocycles. The number of hydrogen-bond donors (Lipinski definition) is 2. The molecule has 2 fully saturated rings. The summed E-state index contributed by atoms with van der Waals surface area (Å²) in [7, 11) is 0. The van der Waals surface area contributed by atoms with Gasteiger partial charge in [0, 0.05) is 38.1 Å². The molecule has 3 rings (SSSR count). The predicted molar refractivity (Wildman–Crippen MR) is 101 cm³/mol. The third-order valence-electron chi connectivity index (χ3n) is 5.65. The van der Waals surface area contributed by atoms with Crippen molar-refractivity contribution in [2.24, 2.45) is 11.7 Å². The monoisotopic (exact) mass is 358 g/mol.